The Labute approximate surface area is 211 Å². The average Bonchev–Trinajstić information content (AvgIpc) is 3.36. The molecule has 2 aromatic heterocycles. The van der Waals surface area contributed by atoms with Gasteiger partial charge in [0.1, 0.15) is 5.82 Å². The quantitative estimate of drug-likeness (QED) is 0.332. The van der Waals surface area contributed by atoms with E-state index in [1.165, 1.54) is 12.1 Å². The summed E-state index contributed by atoms with van der Waals surface area (Å²) in [4.78, 5) is 18.0. The van der Waals surface area contributed by atoms with Crippen molar-refractivity contribution in [2.24, 2.45) is 7.05 Å². The zero-order valence-electron chi connectivity index (χ0n) is 20.5. The molecule has 2 heterocycles. The van der Waals surface area contributed by atoms with Crippen molar-refractivity contribution in [1.29, 1.82) is 0 Å². The summed E-state index contributed by atoms with van der Waals surface area (Å²) >= 11 is 0. The van der Waals surface area contributed by atoms with E-state index < -0.39 is 17.3 Å². The highest BCUT2D eigenvalue weighted by molar-refractivity contribution is 6.09. The van der Waals surface area contributed by atoms with Gasteiger partial charge in [-0.15, -0.1) is 0 Å². The minimum atomic E-state index is -4.43. The van der Waals surface area contributed by atoms with Crippen LogP contribution in [-0.2, 0) is 18.8 Å². The Balaban J connectivity index is 1.61. The molecule has 6 nitrogen and oxygen atoms in total. The standard InChI is InChI=1S/C28H25F3N4O2/c1-17-32-25-24(34(17)3)22-15-18(26(37)33-27(2,16-36)19-7-5-4-6-8-19)9-14-23(22)35(25)21-12-10-20(11-13-21)28(29,30)31/h4-15,36H,16H2,1-3H3,(H,33,37)/t27-/m1/s1. The van der Waals surface area contributed by atoms with Gasteiger partial charge in [0.15, 0.2) is 5.65 Å². The fourth-order valence-corrected chi connectivity index (χ4v) is 4.62. The molecule has 190 valence electrons. The number of imidazole rings is 1. The van der Waals surface area contributed by atoms with Crippen molar-refractivity contribution in [3.05, 3.63) is 95.3 Å². The second-order valence-electron chi connectivity index (χ2n) is 9.31. The molecule has 0 unspecified atom stereocenters. The topological polar surface area (TPSA) is 72.1 Å². The van der Waals surface area contributed by atoms with E-state index in [-0.39, 0.29) is 12.5 Å². The van der Waals surface area contributed by atoms with Gasteiger partial charge < -0.3 is 15.0 Å². The number of aliphatic hydroxyl groups is 1. The number of carbonyl (C=O) groups is 1. The van der Waals surface area contributed by atoms with Crippen molar-refractivity contribution < 1.29 is 23.1 Å². The SMILES string of the molecule is Cc1nc2c(c3cc(C(=O)N[C@](C)(CO)c4ccccc4)ccc3n2-c2ccc(C(F)(F)F)cc2)n1C. The van der Waals surface area contributed by atoms with E-state index in [0.29, 0.717) is 22.4 Å². The number of nitrogens with zero attached hydrogens (tertiary/aromatic N) is 3. The van der Waals surface area contributed by atoms with Crippen LogP contribution in [0.25, 0.3) is 27.8 Å². The first-order valence-corrected chi connectivity index (χ1v) is 11.7. The number of carbonyl (C=O) groups excluding carboxylic acids is 1. The molecule has 0 spiro atoms. The van der Waals surface area contributed by atoms with E-state index in [9.17, 15) is 23.1 Å². The minimum Gasteiger partial charge on any atom is -0.394 e. The first-order valence-electron chi connectivity index (χ1n) is 11.7. The van der Waals surface area contributed by atoms with Crippen LogP contribution >= 0.6 is 0 Å². The summed E-state index contributed by atoms with van der Waals surface area (Å²) in [5.74, 6) is 0.357. The molecular weight excluding hydrogens is 481 g/mol. The zero-order valence-corrected chi connectivity index (χ0v) is 20.5. The van der Waals surface area contributed by atoms with Gasteiger partial charge >= 0.3 is 6.18 Å². The Kier molecular flexibility index (Phi) is 5.83. The largest absolute Gasteiger partial charge is 0.416 e. The number of amides is 1. The number of hydrogen-bond donors (Lipinski definition) is 2. The molecule has 1 atom stereocenters. The summed E-state index contributed by atoms with van der Waals surface area (Å²) in [6, 6.07) is 19.3. The smallest absolute Gasteiger partial charge is 0.394 e. The number of aryl methyl sites for hydroxylation is 2. The maximum atomic E-state index is 13.3. The van der Waals surface area contributed by atoms with Crippen molar-refractivity contribution in [3.63, 3.8) is 0 Å². The maximum absolute atomic E-state index is 13.3. The molecule has 2 N–H and O–H groups in total. The molecule has 0 bridgehead atoms. The van der Waals surface area contributed by atoms with Crippen LogP contribution in [0.1, 0.15) is 34.2 Å². The number of rotatable bonds is 5. The minimum absolute atomic E-state index is 0.291. The lowest BCUT2D eigenvalue weighted by molar-refractivity contribution is -0.137. The van der Waals surface area contributed by atoms with Gasteiger partial charge in [-0.2, -0.15) is 13.2 Å². The molecule has 0 radical (unpaired) electrons. The van der Waals surface area contributed by atoms with Gasteiger partial charge in [-0.1, -0.05) is 30.3 Å². The van der Waals surface area contributed by atoms with Crippen LogP contribution in [-0.4, -0.2) is 31.7 Å². The lowest BCUT2D eigenvalue weighted by atomic mass is 9.92. The molecule has 3 aromatic carbocycles. The van der Waals surface area contributed by atoms with E-state index in [0.717, 1.165) is 34.4 Å². The summed E-state index contributed by atoms with van der Waals surface area (Å²) in [5.41, 5.74) is 2.01. The fourth-order valence-electron chi connectivity index (χ4n) is 4.62. The molecule has 0 saturated heterocycles. The lowest BCUT2D eigenvalue weighted by Crippen LogP contribution is -2.46. The molecule has 0 aliphatic carbocycles. The van der Waals surface area contributed by atoms with Gasteiger partial charge in [0.25, 0.3) is 5.91 Å². The van der Waals surface area contributed by atoms with Gasteiger partial charge in [-0.25, -0.2) is 4.98 Å². The third-order valence-electron chi connectivity index (χ3n) is 6.84. The number of fused-ring (bicyclic) bond motifs is 3. The Morgan fingerprint density at radius 2 is 1.68 bits per heavy atom. The third kappa shape index (κ3) is 4.15. The summed E-state index contributed by atoms with van der Waals surface area (Å²) in [7, 11) is 1.85. The monoisotopic (exact) mass is 506 g/mol. The van der Waals surface area contributed by atoms with Gasteiger partial charge in [-0.3, -0.25) is 9.36 Å². The van der Waals surface area contributed by atoms with Gasteiger partial charge in [0.05, 0.1) is 28.7 Å². The Hall–Kier alpha value is -4.11. The van der Waals surface area contributed by atoms with Crippen molar-refractivity contribution in [2.45, 2.75) is 25.6 Å². The zero-order chi connectivity index (χ0) is 26.5. The number of halogens is 3. The normalized spacial score (nSPS) is 13.7. The number of aromatic nitrogens is 3. The fraction of sp³-hybridized carbons (Fsp3) is 0.214. The van der Waals surface area contributed by atoms with E-state index in [4.69, 9.17) is 0 Å². The van der Waals surface area contributed by atoms with Crippen LogP contribution < -0.4 is 5.32 Å². The van der Waals surface area contributed by atoms with Crippen LogP contribution in [0.4, 0.5) is 13.2 Å². The molecule has 5 rings (SSSR count). The van der Waals surface area contributed by atoms with Gasteiger partial charge in [0.2, 0.25) is 0 Å². The van der Waals surface area contributed by atoms with E-state index >= 15 is 0 Å². The highest BCUT2D eigenvalue weighted by Crippen LogP contribution is 2.35. The van der Waals surface area contributed by atoms with Crippen LogP contribution in [0, 0.1) is 6.92 Å². The molecule has 1 amide bonds. The first-order chi connectivity index (χ1) is 17.5. The highest BCUT2D eigenvalue weighted by Gasteiger charge is 2.31. The predicted molar refractivity (Wildman–Crippen MR) is 136 cm³/mol. The Morgan fingerprint density at radius 3 is 2.30 bits per heavy atom. The highest BCUT2D eigenvalue weighted by atomic mass is 19.4. The molecule has 0 aliphatic rings. The first kappa shape index (κ1) is 24.6. The Morgan fingerprint density at radius 1 is 1.00 bits per heavy atom. The van der Waals surface area contributed by atoms with E-state index in [2.05, 4.69) is 10.3 Å². The van der Waals surface area contributed by atoms with Crippen LogP contribution in [0.3, 0.4) is 0 Å². The van der Waals surface area contributed by atoms with Crippen LogP contribution in [0.5, 0.6) is 0 Å². The van der Waals surface area contributed by atoms with Crippen LogP contribution in [0.15, 0.2) is 72.8 Å². The van der Waals surface area contributed by atoms with Crippen molar-refractivity contribution in [1.82, 2.24) is 19.4 Å². The molecule has 0 fully saturated rings. The van der Waals surface area contributed by atoms with E-state index in [1.807, 2.05) is 48.9 Å². The molecule has 0 aliphatic heterocycles. The van der Waals surface area contributed by atoms with Crippen molar-refractivity contribution in [2.75, 3.05) is 6.61 Å². The van der Waals surface area contributed by atoms with Gasteiger partial charge in [-0.05, 0) is 61.9 Å². The number of aliphatic hydroxyl groups excluding tert-OH is 1. The van der Waals surface area contributed by atoms with E-state index in [1.54, 1.807) is 29.7 Å². The maximum Gasteiger partial charge on any atom is 0.416 e. The van der Waals surface area contributed by atoms with Crippen LogP contribution in [0.2, 0.25) is 0 Å². The second kappa shape index (κ2) is 8.77. The number of nitrogens with one attached hydrogen (secondary N) is 1. The molecule has 37 heavy (non-hydrogen) atoms. The van der Waals surface area contributed by atoms with Crippen molar-refractivity contribution >= 4 is 28.0 Å². The van der Waals surface area contributed by atoms with Crippen molar-refractivity contribution in [3.8, 4) is 5.69 Å². The molecule has 0 saturated carbocycles. The molecular formula is C28H25F3N4O2. The predicted octanol–water partition coefficient (Wildman–Crippen LogP) is 5.48. The average molecular weight is 507 g/mol. The second-order valence-corrected chi connectivity index (χ2v) is 9.31. The third-order valence-corrected chi connectivity index (χ3v) is 6.84. The molecule has 5 aromatic rings. The summed E-state index contributed by atoms with van der Waals surface area (Å²) in [6.45, 7) is 3.30. The van der Waals surface area contributed by atoms with Gasteiger partial charge in [0, 0.05) is 23.7 Å². The number of hydrogen-bond acceptors (Lipinski definition) is 3. The summed E-state index contributed by atoms with van der Waals surface area (Å²) < 4.78 is 43.0. The Bertz CT molecular complexity index is 1620. The lowest BCUT2D eigenvalue weighted by Gasteiger charge is -2.29. The number of benzene rings is 3. The number of alkyl halides is 3. The molecule has 9 heteroatoms. The summed E-state index contributed by atoms with van der Waals surface area (Å²) in [5, 5.41) is 13.8. The summed E-state index contributed by atoms with van der Waals surface area (Å²) in [6.07, 6.45) is -4.43.